The number of nitrogens with one attached hydrogen (secondary N) is 1. The molecule has 0 saturated heterocycles. The van der Waals surface area contributed by atoms with Crippen molar-refractivity contribution in [3.8, 4) is 0 Å². The molecule has 0 aliphatic heterocycles. The van der Waals surface area contributed by atoms with Crippen LogP contribution in [-0.2, 0) is 6.42 Å². The molecule has 0 spiro atoms. The fourth-order valence-corrected chi connectivity index (χ4v) is 2.29. The number of rotatable bonds is 5. The maximum atomic E-state index is 12.9. The average Bonchev–Trinajstić information content (AvgIpc) is 2.41. The molecule has 0 fully saturated rings. The van der Waals surface area contributed by atoms with E-state index in [0.717, 1.165) is 5.56 Å². The SMILES string of the molecule is CC(Cc1ccc(F)cc1)Nc1cc(Cl)ccc1C(=O)O. The van der Waals surface area contributed by atoms with Gasteiger partial charge in [-0.15, -0.1) is 0 Å². The van der Waals surface area contributed by atoms with Gasteiger partial charge in [-0.3, -0.25) is 0 Å². The van der Waals surface area contributed by atoms with Crippen molar-refractivity contribution < 1.29 is 14.3 Å². The molecule has 0 bridgehead atoms. The van der Waals surface area contributed by atoms with Crippen molar-refractivity contribution in [1.82, 2.24) is 0 Å². The summed E-state index contributed by atoms with van der Waals surface area (Å²) in [7, 11) is 0. The molecule has 110 valence electrons. The third kappa shape index (κ3) is 4.20. The molecule has 2 rings (SSSR count). The summed E-state index contributed by atoms with van der Waals surface area (Å²) >= 11 is 5.91. The number of halogens is 2. The monoisotopic (exact) mass is 307 g/mol. The van der Waals surface area contributed by atoms with Gasteiger partial charge in [0.2, 0.25) is 0 Å². The molecule has 3 nitrogen and oxygen atoms in total. The lowest BCUT2D eigenvalue weighted by Gasteiger charge is -2.17. The summed E-state index contributed by atoms with van der Waals surface area (Å²) in [6.07, 6.45) is 0.645. The summed E-state index contributed by atoms with van der Waals surface area (Å²) in [5.74, 6) is -1.29. The molecule has 0 amide bonds. The number of benzene rings is 2. The standard InChI is InChI=1S/C16H15ClFNO2/c1-10(8-11-2-5-13(18)6-3-11)19-15-9-12(17)4-7-14(15)16(20)21/h2-7,9-10,19H,8H2,1H3,(H,20,21). The highest BCUT2D eigenvalue weighted by atomic mass is 35.5. The summed E-state index contributed by atoms with van der Waals surface area (Å²) in [4.78, 5) is 11.2. The van der Waals surface area contributed by atoms with Gasteiger partial charge in [-0.1, -0.05) is 23.7 Å². The van der Waals surface area contributed by atoms with Crippen LogP contribution in [0.15, 0.2) is 42.5 Å². The second-order valence-corrected chi connectivity index (χ2v) is 5.31. The van der Waals surface area contributed by atoms with Crippen molar-refractivity contribution in [3.63, 3.8) is 0 Å². The molecule has 0 heterocycles. The third-order valence-electron chi connectivity index (χ3n) is 3.07. The number of anilines is 1. The Labute approximate surface area is 127 Å². The normalized spacial score (nSPS) is 12.0. The van der Waals surface area contributed by atoms with E-state index >= 15 is 0 Å². The molecule has 0 aromatic heterocycles. The van der Waals surface area contributed by atoms with Gasteiger partial charge in [0, 0.05) is 11.1 Å². The van der Waals surface area contributed by atoms with Gasteiger partial charge >= 0.3 is 5.97 Å². The Morgan fingerprint density at radius 2 is 1.95 bits per heavy atom. The molecule has 0 aliphatic carbocycles. The highest BCUT2D eigenvalue weighted by Gasteiger charge is 2.13. The Hall–Kier alpha value is -2.07. The molecule has 2 aromatic carbocycles. The minimum atomic E-state index is -1.01. The van der Waals surface area contributed by atoms with Crippen molar-refractivity contribution in [3.05, 3.63) is 64.4 Å². The first-order valence-electron chi connectivity index (χ1n) is 6.49. The summed E-state index contributed by atoms with van der Waals surface area (Å²) in [5, 5.41) is 12.8. The molecular formula is C16H15ClFNO2. The fraction of sp³-hybridized carbons (Fsp3) is 0.188. The fourth-order valence-electron chi connectivity index (χ4n) is 2.11. The highest BCUT2D eigenvalue weighted by molar-refractivity contribution is 6.31. The molecule has 0 aliphatic rings. The maximum Gasteiger partial charge on any atom is 0.337 e. The van der Waals surface area contributed by atoms with E-state index in [1.807, 2.05) is 6.92 Å². The van der Waals surface area contributed by atoms with E-state index in [1.54, 1.807) is 24.3 Å². The largest absolute Gasteiger partial charge is 0.478 e. The van der Waals surface area contributed by atoms with Crippen LogP contribution in [0, 0.1) is 5.82 Å². The van der Waals surface area contributed by atoms with Crippen molar-refractivity contribution in [2.75, 3.05) is 5.32 Å². The van der Waals surface area contributed by atoms with E-state index < -0.39 is 5.97 Å². The molecule has 5 heteroatoms. The van der Waals surface area contributed by atoms with Crippen LogP contribution in [0.1, 0.15) is 22.8 Å². The summed E-state index contributed by atoms with van der Waals surface area (Å²) in [6, 6.07) is 10.8. The van der Waals surface area contributed by atoms with E-state index in [2.05, 4.69) is 5.32 Å². The average molecular weight is 308 g/mol. The maximum absolute atomic E-state index is 12.9. The van der Waals surface area contributed by atoms with Crippen LogP contribution in [0.3, 0.4) is 0 Å². The van der Waals surface area contributed by atoms with Gasteiger partial charge in [0.15, 0.2) is 0 Å². The van der Waals surface area contributed by atoms with Gasteiger partial charge in [0.25, 0.3) is 0 Å². The van der Waals surface area contributed by atoms with Crippen molar-refractivity contribution in [2.24, 2.45) is 0 Å². The highest BCUT2D eigenvalue weighted by Crippen LogP contribution is 2.22. The topological polar surface area (TPSA) is 49.3 Å². The molecule has 1 unspecified atom stereocenters. The van der Waals surface area contributed by atoms with Gasteiger partial charge in [-0.2, -0.15) is 0 Å². The minimum absolute atomic E-state index is 0.0213. The number of aromatic carboxylic acids is 1. The van der Waals surface area contributed by atoms with Gasteiger partial charge < -0.3 is 10.4 Å². The van der Waals surface area contributed by atoms with E-state index in [4.69, 9.17) is 16.7 Å². The Kier molecular flexibility index (Phi) is 4.81. The first-order chi connectivity index (χ1) is 9.95. The second kappa shape index (κ2) is 6.59. The predicted molar refractivity (Wildman–Crippen MR) is 81.6 cm³/mol. The van der Waals surface area contributed by atoms with E-state index in [-0.39, 0.29) is 17.4 Å². The summed E-state index contributed by atoms with van der Waals surface area (Å²) in [5.41, 5.74) is 1.62. The van der Waals surface area contributed by atoms with E-state index in [1.165, 1.54) is 18.2 Å². The number of carbonyl (C=O) groups is 1. The lowest BCUT2D eigenvalue weighted by Crippen LogP contribution is -2.20. The quantitative estimate of drug-likeness (QED) is 0.869. The Morgan fingerprint density at radius 3 is 2.57 bits per heavy atom. The zero-order chi connectivity index (χ0) is 15.4. The van der Waals surface area contributed by atoms with Crippen molar-refractivity contribution >= 4 is 23.3 Å². The molecule has 21 heavy (non-hydrogen) atoms. The molecule has 0 saturated carbocycles. The second-order valence-electron chi connectivity index (χ2n) is 4.87. The van der Waals surface area contributed by atoms with Crippen molar-refractivity contribution in [2.45, 2.75) is 19.4 Å². The zero-order valence-corrected chi connectivity index (χ0v) is 12.2. The van der Waals surface area contributed by atoms with Crippen LogP contribution >= 0.6 is 11.6 Å². The Morgan fingerprint density at radius 1 is 1.29 bits per heavy atom. The van der Waals surface area contributed by atoms with Crippen LogP contribution in [0.25, 0.3) is 0 Å². The van der Waals surface area contributed by atoms with Crippen LogP contribution in [-0.4, -0.2) is 17.1 Å². The van der Waals surface area contributed by atoms with Crippen LogP contribution < -0.4 is 5.32 Å². The summed E-state index contributed by atoms with van der Waals surface area (Å²) in [6.45, 7) is 1.93. The number of hydrogen-bond acceptors (Lipinski definition) is 2. The lowest BCUT2D eigenvalue weighted by atomic mass is 10.1. The lowest BCUT2D eigenvalue weighted by molar-refractivity contribution is 0.0698. The summed E-state index contributed by atoms with van der Waals surface area (Å²) < 4.78 is 12.9. The molecule has 2 aromatic rings. The van der Waals surface area contributed by atoms with Gasteiger partial charge in [0.1, 0.15) is 5.82 Å². The van der Waals surface area contributed by atoms with E-state index in [9.17, 15) is 9.18 Å². The van der Waals surface area contributed by atoms with Crippen LogP contribution in [0.2, 0.25) is 5.02 Å². The predicted octanol–water partition coefficient (Wildman–Crippen LogP) is 4.22. The molecule has 2 N–H and O–H groups in total. The van der Waals surface area contributed by atoms with Gasteiger partial charge in [0.05, 0.1) is 11.3 Å². The first kappa shape index (κ1) is 15.3. The number of carboxylic acids is 1. The first-order valence-corrected chi connectivity index (χ1v) is 6.87. The number of carboxylic acid groups (broad SMARTS) is 1. The van der Waals surface area contributed by atoms with E-state index in [0.29, 0.717) is 17.1 Å². The van der Waals surface area contributed by atoms with Gasteiger partial charge in [-0.05, 0) is 49.2 Å². The smallest absolute Gasteiger partial charge is 0.337 e. The zero-order valence-electron chi connectivity index (χ0n) is 11.4. The van der Waals surface area contributed by atoms with Crippen LogP contribution in [0.4, 0.5) is 10.1 Å². The van der Waals surface area contributed by atoms with Crippen LogP contribution in [0.5, 0.6) is 0 Å². The minimum Gasteiger partial charge on any atom is -0.478 e. The Balaban J connectivity index is 2.12. The molecule has 0 radical (unpaired) electrons. The Bertz CT molecular complexity index is 643. The van der Waals surface area contributed by atoms with Crippen molar-refractivity contribution in [1.29, 1.82) is 0 Å². The van der Waals surface area contributed by atoms with Gasteiger partial charge in [-0.25, -0.2) is 9.18 Å². The number of hydrogen-bond donors (Lipinski definition) is 2. The molecule has 1 atom stereocenters. The third-order valence-corrected chi connectivity index (χ3v) is 3.30. The molecular weight excluding hydrogens is 293 g/mol.